The summed E-state index contributed by atoms with van der Waals surface area (Å²) in [5.41, 5.74) is 0.750. The average molecular weight is 571 g/mol. The third kappa shape index (κ3) is 7.07. The zero-order valence-electron chi connectivity index (χ0n) is 23.3. The molecule has 212 valence electrons. The van der Waals surface area contributed by atoms with E-state index in [4.69, 9.17) is 20.9 Å². The molecule has 2 heterocycles. The Balaban J connectivity index is 1.88. The third-order valence-corrected chi connectivity index (χ3v) is 5.96. The molecule has 0 spiro atoms. The van der Waals surface area contributed by atoms with Gasteiger partial charge in [-0.05, 0) is 52.2 Å². The number of ether oxygens (including phenoxy) is 1. The van der Waals surface area contributed by atoms with Crippen LogP contribution in [0.5, 0.6) is 0 Å². The van der Waals surface area contributed by atoms with E-state index in [0.29, 0.717) is 5.69 Å². The fourth-order valence-electron chi connectivity index (χ4n) is 3.82. The van der Waals surface area contributed by atoms with E-state index in [-0.39, 0.29) is 51.6 Å². The Hall–Kier alpha value is -4.17. The zero-order valence-corrected chi connectivity index (χ0v) is 24.1. The maximum atomic E-state index is 15.4. The molecule has 1 aromatic carbocycles. The van der Waals surface area contributed by atoms with Crippen LogP contribution in [0.2, 0.25) is 5.02 Å². The maximum absolute atomic E-state index is 15.4. The van der Waals surface area contributed by atoms with Crippen LogP contribution < -0.4 is 10.6 Å². The molecule has 0 saturated heterocycles. The molecule has 2 aromatic heterocycles. The van der Waals surface area contributed by atoms with Crippen molar-refractivity contribution in [3.8, 4) is 17.3 Å². The van der Waals surface area contributed by atoms with Crippen LogP contribution in [-0.2, 0) is 16.0 Å². The van der Waals surface area contributed by atoms with Gasteiger partial charge in [-0.2, -0.15) is 10.4 Å². The Morgan fingerprint density at radius 1 is 1.30 bits per heavy atom. The topological polar surface area (TPSA) is 135 Å². The largest absolute Gasteiger partial charge is 0.444 e. The molecule has 10 nitrogen and oxygen atoms in total. The summed E-state index contributed by atoms with van der Waals surface area (Å²) in [6.45, 7) is 14.7. The normalized spacial score (nSPS) is 11.3. The average Bonchev–Trinajstić information content (AvgIpc) is 3.46. The number of benzene rings is 1. The molecule has 12 heteroatoms. The van der Waals surface area contributed by atoms with Gasteiger partial charge in [0.2, 0.25) is 11.8 Å². The van der Waals surface area contributed by atoms with Crippen LogP contribution in [0.25, 0.3) is 16.8 Å². The smallest absolute Gasteiger partial charge is 0.413 e. The zero-order chi connectivity index (χ0) is 29.8. The van der Waals surface area contributed by atoms with E-state index in [1.807, 2.05) is 13.0 Å². The summed E-state index contributed by atoms with van der Waals surface area (Å²) in [4.78, 5) is 25.0. The van der Waals surface area contributed by atoms with E-state index in [0.717, 1.165) is 18.4 Å². The number of halogens is 2. The molecule has 3 rings (SSSR count). The number of anilines is 2. The molecular weight excluding hydrogens is 539 g/mol. The Labute approximate surface area is 237 Å². The van der Waals surface area contributed by atoms with Crippen molar-refractivity contribution >= 4 is 40.9 Å². The van der Waals surface area contributed by atoms with Crippen molar-refractivity contribution in [1.29, 1.82) is 5.26 Å². The number of nitrogens with one attached hydrogen (secondary N) is 2. The first-order valence-corrected chi connectivity index (χ1v) is 13.1. The molecular formula is C28H32ClFN6O4. The van der Waals surface area contributed by atoms with Crippen molar-refractivity contribution < 1.29 is 23.2 Å². The number of carbonyl (C=O) groups excluding carboxylic acids is 2. The highest BCUT2D eigenvalue weighted by molar-refractivity contribution is 6.33. The van der Waals surface area contributed by atoms with Gasteiger partial charge in [-0.3, -0.25) is 15.4 Å². The van der Waals surface area contributed by atoms with E-state index in [1.165, 1.54) is 16.8 Å². The molecule has 0 fully saturated rings. The van der Waals surface area contributed by atoms with Gasteiger partial charge in [-0.15, -0.1) is 0 Å². The Morgan fingerprint density at radius 3 is 2.60 bits per heavy atom. The number of nitrogens with zero attached hydrogens (tertiary/aromatic N) is 4. The lowest BCUT2D eigenvalue weighted by Gasteiger charge is -2.20. The highest BCUT2D eigenvalue weighted by Crippen LogP contribution is 2.37. The Bertz CT molecular complexity index is 1480. The Kier molecular flexibility index (Phi) is 9.37. The second-order valence-corrected chi connectivity index (χ2v) is 10.8. The van der Waals surface area contributed by atoms with Crippen molar-refractivity contribution in [2.24, 2.45) is 0 Å². The lowest BCUT2D eigenvalue weighted by molar-refractivity contribution is -0.115. The minimum absolute atomic E-state index is 0.0165. The molecule has 0 radical (unpaired) electrons. The van der Waals surface area contributed by atoms with Crippen molar-refractivity contribution in [3.05, 3.63) is 52.4 Å². The number of nitriles is 1. The second kappa shape index (κ2) is 12.3. The SMILES string of the molecule is C=C(CCC)c1cc(NC(=O)Cc2ccc(-c3nn(C(C)C)c(NC(=O)OC(C)(C)C)c3C#N)c(Cl)c2F)on1. The molecule has 3 aromatic rings. The van der Waals surface area contributed by atoms with Crippen LogP contribution in [-0.4, -0.2) is 32.5 Å². The van der Waals surface area contributed by atoms with E-state index >= 15 is 4.39 Å². The molecule has 0 bridgehead atoms. The van der Waals surface area contributed by atoms with Gasteiger partial charge < -0.3 is 9.26 Å². The van der Waals surface area contributed by atoms with Gasteiger partial charge >= 0.3 is 6.09 Å². The minimum Gasteiger partial charge on any atom is -0.444 e. The molecule has 0 aliphatic rings. The van der Waals surface area contributed by atoms with Crippen LogP contribution in [0.15, 0.2) is 29.3 Å². The lowest BCUT2D eigenvalue weighted by atomic mass is 10.0. The van der Waals surface area contributed by atoms with Crippen LogP contribution in [0.1, 0.15) is 77.2 Å². The van der Waals surface area contributed by atoms with Crippen LogP contribution >= 0.6 is 11.6 Å². The molecule has 0 aliphatic carbocycles. The fourth-order valence-corrected chi connectivity index (χ4v) is 4.09. The number of hydrogen-bond donors (Lipinski definition) is 2. The fraction of sp³-hybridized carbons (Fsp3) is 0.393. The van der Waals surface area contributed by atoms with Crippen LogP contribution in [0.4, 0.5) is 20.9 Å². The summed E-state index contributed by atoms with van der Waals surface area (Å²) in [7, 11) is 0. The summed E-state index contributed by atoms with van der Waals surface area (Å²) in [6, 6.07) is 6.17. The number of carbonyl (C=O) groups is 2. The first-order valence-electron chi connectivity index (χ1n) is 12.7. The maximum Gasteiger partial charge on any atom is 0.413 e. The summed E-state index contributed by atoms with van der Waals surface area (Å²) >= 11 is 6.39. The molecule has 0 atom stereocenters. The van der Waals surface area contributed by atoms with Crippen LogP contribution in [0.3, 0.4) is 0 Å². The van der Waals surface area contributed by atoms with Crippen LogP contribution in [0, 0.1) is 17.1 Å². The predicted octanol–water partition coefficient (Wildman–Crippen LogP) is 7.12. The molecule has 2 N–H and O–H groups in total. The second-order valence-electron chi connectivity index (χ2n) is 10.4. The first-order chi connectivity index (χ1) is 18.7. The predicted molar refractivity (Wildman–Crippen MR) is 150 cm³/mol. The first kappa shape index (κ1) is 30.4. The highest BCUT2D eigenvalue weighted by Gasteiger charge is 2.27. The number of hydrogen-bond acceptors (Lipinski definition) is 7. The number of rotatable bonds is 9. The van der Waals surface area contributed by atoms with E-state index in [9.17, 15) is 14.9 Å². The molecule has 0 saturated carbocycles. The number of aromatic nitrogens is 3. The Morgan fingerprint density at radius 2 is 2.00 bits per heavy atom. The van der Waals surface area contributed by atoms with Gasteiger partial charge in [0, 0.05) is 17.7 Å². The van der Waals surface area contributed by atoms with Crippen molar-refractivity contribution in [2.45, 2.75) is 72.4 Å². The summed E-state index contributed by atoms with van der Waals surface area (Å²) < 4.78 is 27.3. The molecule has 0 unspecified atom stereocenters. The highest BCUT2D eigenvalue weighted by atomic mass is 35.5. The van der Waals surface area contributed by atoms with Gasteiger partial charge in [0.15, 0.2) is 5.82 Å². The molecule has 0 aliphatic heterocycles. The van der Waals surface area contributed by atoms with Crippen molar-refractivity contribution in [1.82, 2.24) is 14.9 Å². The third-order valence-electron chi connectivity index (χ3n) is 5.59. The number of amides is 2. The molecule has 2 amide bonds. The summed E-state index contributed by atoms with van der Waals surface area (Å²) in [5, 5.41) is 23.1. The van der Waals surface area contributed by atoms with Gasteiger partial charge in [0.1, 0.15) is 34.4 Å². The van der Waals surface area contributed by atoms with Gasteiger partial charge in [-0.25, -0.2) is 13.9 Å². The van der Waals surface area contributed by atoms with E-state index < -0.39 is 23.4 Å². The standard InChI is InChI=1S/C28H32ClFN6O4/c1-8-9-16(4)20-13-22(40-35-20)32-21(37)12-17-10-11-18(23(29)24(17)30)25-19(14-31)26(36(34-25)15(2)3)33-27(38)39-28(5,6)7/h10-11,13,15H,4,8-9,12H2,1-3,5-7H3,(H,32,37)(H,33,38). The lowest BCUT2D eigenvalue weighted by Crippen LogP contribution is -2.28. The van der Waals surface area contributed by atoms with Gasteiger partial charge in [-0.1, -0.05) is 48.8 Å². The van der Waals surface area contributed by atoms with Crippen molar-refractivity contribution in [3.63, 3.8) is 0 Å². The summed E-state index contributed by atoms with van der Waals surface area (Å²) in [6.07, 6.45) is 0.509. The molecule has 40 heavy (non-hydrogen) atoms. The van der Waals surface area contributed by atoms with E-state index in [1.54, 1.807) is 40.7 Å². The van der Waals surface area contributed by atoms with Crippen molar-refractivity contribution in [2.75, 3.05) is 10.6 Å². The minimum atomic E-state index is -0.839. The number of allylic oxidation sites excluding steroid dienone is 1. The van der Waals surface area contributed by atoms with Gasteiger partial charge in [0.05, 0.1) is 11.4 Å². The van der Waals surface area contributed by atoms with E-state index in [2.05, 4.69) is 27.5 Å². The quantitative estimate of drug-likeness (QED) is 0.279. The van der Waals surface area contributed by atoms with Gasteiger partial charge in [0.25, 0.3) is 0 Å². The monoisotopic (exact) mass is 570 g/mol. The summed E-state index contributed by atoms with van der Waals surface area (Å²) in [5.74, 6) is -1.18.